The molecule has 1 aromatic heterocycles. The zero-order valence-corrected chi connectivity index (χ0v) is 19.9. The minimum Gasteiger partial charge on any atom is -0.295 e. The van der Waals surface area contributed by atoms with Crippen LogP contribution in [0.25, 0.3) is 10.1 Å². The molecule has 2 fully saturated rings. The summed E-state index contributed by atoms with van der Waals surface area (Å²) >= 11 is 1.94. The van der Waals surface area contributed by atoms with Gasteiger partial charge >= 0.3 is 0 Å². The molecule has 1 saturated heterocycles. The van der Waals surface area contributed by atoms with Crippen molar-refractivity contribution in [3.05, 3.63) is 64.5 Å². The molecule has 1 saturated carbocycles. The predicted molar refractivity (Wildman–Crippen MR) is 130 cm³/mol. The fourth-order valence-electron chi connectivity index (χ4n) is 5.71. The molecule has 2 atom stereocenters. The maximum Gasteiger partial charge on any atom is 0.229 e. The summed E-state index contributed by atoms with van der Waals surface area (Å²) in [7, 11) is -3.26. The minimum atomic E-state index is -3.26. The number of aryl methyl sites for hydroxylation is 1. The molecule has 0 spiro atoms. The van der Waals surface area contributed by atoms with Crippen molar-refractivity contribution in [1.82, 2.24) is 4.90 Å². The van der Waals surface area contributed by atoms with Crippen LogP contribution in [0.4, 0.5) is 5.69 Å². The van der Waals surface area contributed by atoms with E-state index >= 15 is 0 Å². The van der Waals surface area contributed by atoms with Crippen molar-refractivity contribution in [2.24, 2.45) is 0 Å². The summed E-state index contributed by atoms with van der Waals surface area (Å²) in [6.07, 6.45) is 7.20. The number of fused-ring (bicyclic) bond motifs is 3. The lowest BCUT2D eigenvalue weighted by molar-refractivity contribution is 0.0465. The molecule has 0 radical (unpaired) electrons. The van der Waals surface area contributed by atoms with E-state index in [1.54, 1.807) is 0 Å². The molecular formula is C25H30N2O2S2. The lowest BCUT2D eigenvalue weighted by atomic mass is 9.63. The number of benzene rings is 2. The van der Waals surface area contributed by atoms with E-state index in [-0.39, 0.29) is 5.41 Å². The number of nitrogens with one attached hydrogen (secondary N) is 1. The van der Waals surface area contributed by atoms with Gasteiger partial charge in [0.1, 0.15) is 0 Å². The second-order valence-electron chi connectivity index (χ2n) is 9.35. The van der Waals surface area contributed by atoms with E-state index in [1.165, 1.54) is 58.0 Å². The van der Waals surface area contributed by atoms with Gasteiger partial charge in [0.25, 0.3) is 0 Å². The molecule has 6 heteroatoms. The van der Waals surface area contributed by atoms with E-state index in [2.05, 4.69) is 52.9 Å². The van der Waals surface area contributed by atoms with E-state index in [0.29, 0.717) is 11.7 Å². The van der Waals surface area contributed by atoms with Gasteiger partial charge in [0, 0.05) is 27.9 Å². The summed E-state index contributed by atoms with van der Waals surface area (Å²) in [5.41, 5.74) is 3.58. The van der Waals surface area contributed by atoms with Crippen molar-refractivity contribution >= 4 is 37.1 Å². The lowest BCUT2D eigenvalue weighted by Gasteiger charge is -2.51. The van der Waals surface area contributed by atoms with Crippen LogP contribution in [0.5, 0.6) is 0 Å². The third-order valence-corrected chi connectivity index (χ3v) is 9.14. The Balaban J connectivity index is 1.37. The smallest absolute Gasteiger partial charge is 0.229 e. The quantitative estimate of drug-likeness (QED) is 0.541. The van der Waals surface area contributed by atoms with Crippen LogP contribution in [0, 0.1) is 6.92 Å². The number of nitrogens with zero attached hydrogens (tertiary/aromatic N) is 1. The van der Waals surface area contributed by atoms with Crippen LogP contribution >= 0.6 is 11.3 Å². The monoisotopic (exact) mass is 454 g/mol. The highest BCUT2D eigenvalue weighted by Crippen LogP contribution is 2.48. The van der Waals surface area contributed by atoms with E-state index in [0.717, 1.165) is 19.5 Å². The molecule has 164 valence electrons. The van der Waals surface area contributed by atoms with Crippen LogP contribution in [0.2, 0.25) is 0 Å². The summed E-state index contributed by atoms with van der Waals surface area (Å²) in [5.74, 6) is 0. The molecule has 4 nitrogen and oxygen atoms in total. The van der Waals surface area contributed by atoms with Crippen LogP contribution in [0.1, 0.15) is 48.1 Å². The van der Waals surface area contributed by atoms with Crippen molar-refractivity contribution in [2.75, 3.05) is 17.5 Å². The topological polar surface area (TPSA) is 49.4 Å². The average Bonchev–Trinajstić information content (AvgIpc) is 3.05. The van der Waals surface area contributed by atoms with Gasteiger partial charge in [0.15, 0.2) is 0 Å². The normalized spacial score (nSPS) is 24.4. The molecule has 3 aromatic rings. The molecule has 1 aliphatic heterocycles. The summed E-state index contributed by atoms with van der Waals surface area (Å²) in [6, 6.07) is 17.4. The van der Waals surface area contributed by atoms with E-state index in [9.17, 15) is 8.42 Å². The van der Waals surface area contributed by atoms with Gasteiger partial charge in [-0.15, -0.1) is 11.3 Å². The highest BCUT2D eigenvalue weighted by molar-refractivity contribution is 7.92. The van der Waals surface area contributed by atoms with Crippen LogP contribution in [0.15, 0.2) is 48.5 Å². The van der Waals surface area contributed by atoms with Gasteiger partial charge in [0.05, 0.1) is 6.26 Å². The maximum atomic E-state index is 11.7. The van der Waals surface area contributed by atoms with E-state index in [4.69, 9.17) is 0 Å². The molecule has 2 aromatic carbocycles. The second-order valence-corrected chi connectivity index (χ2v) is 12.2. The highest BCUT2D eigenvalue weighted by Gasteiger charge is 2.43. The number of hydrogen-bond acceptors (Lipinski definition) is 4. The van der Waals surface area contributed by atoms with Crippen LogP contribution in [-0.2, 0) is 22.0 Å². The standard InChI is InChI=1S/C25H30N2O2S2/c1-18-22-10-3-4-11-23(22)30-24(18)17-27-14-13-25(12-6-9-21(27)16-25)19-7-5-8-20(15-19)26-31(2,28)29/h3-5,7-8,10-11,15,21,26H,6,9,12-14,16-17H2,1-2H3. The summed E-state index contributed by atoms with van der Waals surface area (Å²) in [4.78, 5) is 4.20. The Hall–Kier alpha value is -1.89. The van der Waals surface area contributed by atoms with Gasteiger partial charge in [-0.1, -0.05) is 36.8 Å². The molecule has 2 heterocycles. The predicted octanol–water partition coefficient (Wildman–Crippen LogP) is 5.67. The van der Waals surface area contributed by atoms with Crippen molar-refractivity contribution in [3.8, 4) is 0 Å². The Morgan fingerprint density at radius 1 is 1.16 bits per heavy atom. The average molecular weight is 455 g/mol. The summed E-state index contributed by atoms with van der Waals surface area (Å²) in [5, 5.41) is 1.40. The number of sulfonamides is 1. The largest absolute Gasteiger partial charge is 0.295 e. The third kappa shape index (κ3) is 4.13. The number of rotatable bonds is 5. The Bertz CT molecular complexity index is 1220. The van der Waals surface area contributed by atoms with Crippen molar-refractivity contribution < 1.29 is 8.42 Å². The van der Waals surface area contributed by atoms with Gasteiger partial charge in [0.2, 0.25) is 10.0 Å². The number of thiophene rings is 1. The molecular weight excluding hydrogens is 424 g/mol. The van der Waals surface area contributed by atoms with Crippen molar-refractivity contribution in [1.29, 1.82) is 0 Å². The fraction of sp³-hybridized carbons (Fsp3) is 0.440. The third-order valence-electron chi connectivity index (χ3n) is 7.28. The van der Waals surface area contributed by atoms with Crippen molar-refractivity contribution in [3.63, 3.8) is 0 Å². The first-order valence-electron chi connectivity index (χ1n) is 11.1. The van der Waals surface area contributed by atoms with Crippen LogP contribution in [-0.4, -0.2) is 32.2 Å². The Labute approximate surface area is 189 Å². The van der Waals surface area contributed by atoms with Crippen molar-refractivity contribution in [2.45, 2.75) is 57.0 Å². The number of likely N-dealkylation sites (tertiary alicyclic amines) is 1. The SMILES string of the molecule is Cc1c(CN2CCC3(c4cccc(NS(C)(=O)=O)c4)CCCC2C3)sc2ccccc12. The van der Waals surface area contributed by atoms with Gasteiger partial charge in [-0.25, -0.2) is 8.42 Å². The van der Waals surface area contributed by atoms with Crippen LogP contribution in [0.3, 0.4) is 0 Å². The fourth-order valence-corrected chi connectivity index (χ4v) is 7.50. The Morgan fingerprint density at radius 2 is 2.00 bits per heavy atom. The second kappa shape index (κ2) is 7.91. The summed E-state index contributed by atoms with van der Waals surface area (Å²) in [6.45, 7) is 4.41. The number of hydrogen-bond donors (Lipinski definition) is 1. The molecule has 5 rings (SSSR count). The summed E-state index contributed by atoms with van der Waals surface area (Å²) < 4.78 is 27.4. The Morgan fingerprint density at radius 3 is 2.81 bits per heavy atom. The van der Waals surface area contributed by atoms with Gasteiger partial charge in [-0.3, -0.25) is 9.62 Å². The molecule has 2 unspecified atom stereocenters. The van der Waals surface area contributed by atoms with Gasteiger partial charge in [-0.05, 0) is 79.3 Å². The molecule has 0 amide bonds. The first kappa shape index (κ1) is 21.0. The minimum absolute atomic E-state index is 0.170. The van der Waals surface area contributed by atoms with Crippen LogP contribution < -0.4 is 4.72 Å². The maximum absolute atomic E-state index is 11.7. The number of anilines is 1. The highest BCUT2D eigenvalue weighted by atomic mass is 32.2. The molecule has 31 heavy (non-hydrogen) atoms. The molecule has 2 aliphatic rings. The van der Waals surface area contributed by atoms with E-state index in [1.807, 2.05) is 23.5 Å². The first-order chi connectivity index (χ1) is 14.8. The number of piperidine rings is 1. The van der Waals surface area contributed by atoms with Gasteiger partial charge < -0.3 is 0 Å². The zero-order chi connectivity index (χ0) is 21.6. The van der Waals surface area contributed by atoms with Gasteiger partial charge in [-0.2, -0.15) is 0 Å². The molecule has 1 N–H and O–H groups in total. The zero-order valence-electron chi connectivity index (χ0n) is 18.2. The van der Waals surface area contributed by atoms with E-state index < -0.39 is 10.0 Å². The molecule has 1 aliphatic carbocycles. The lowest BCUT2D eigenvalue weighted by Crippen LogP contribution is -2.51. The first-order valence-corrected chi connectivity index (χ1v) is 13.8. The molecule has 2 bridgehead atoms. The Kier molecular flexibility index (Phi) is 5.35.